The fraction of sp³-hybridized carbons (Fsp3) is 0.182. The summed E-state index contributed by atoms with van der Waals surface area (Å²) in [5.41, 5.74) is 12.3. The Morgan fingerprint density at radius 2 is 2.08 bits per heavy atom. The summed E-state index contributed by atoms with van der Waals surface area (Å²) < 4.78 is 0. The molecule has 3 nitrogen and oxygen atoms in total. The van der Waals surface area contributed by atoms with Gasteiger partial charge in [0.05, 0.1) is 5.70 Å². The van der Waals surface area contributed by atoms with Crippen LogP contribution in [0.25, 0.3) is 11.1 Å². The van der Waals surface area contributed by atoms with Gasteiger partial charge in [-0.3, -0.25) is 0 Å². The van der Waals surface area contributed by atoms with Gasteiger partial charge >= 0.3 is 0 Å². The lowest BCUT2D eigenvalue weighted by atomic mass is 10.1. The highest BCUT2D eigenvalue weighted by atomic mass is 32.1. The molecule has 0 aliphatic carbocycles. The molecule has 1 heterocycles. The zero-order valence-electron chi connectivity index (χ0n) is 15.7. The molecule has 0 aliphatic rings. The zero-order chi connectivity index (χ0) is 18.9. The Kier molecular flexibility index (Phi) is 7.30. The minimum Gasteiger partial charge on any atom is -0.399 e. The molecule has 136 valence electrons. The largest absolute Gasteiger partial charge is 0.399 e. The van der Waals surface area contributed by atoms with E-state index in [0.717, 1.165) is 29.2 Å². The molecule has 3 N–H and O–H groups in total. The lowest BCUT2D eigenvalue weighted by Gasteiger charge is -2.24. The summed E-state index contributed by atoms with van der Waals surface area (Å²) in [7, 11) is 1.91. The van der Waals surface area contributed by atoms with Gasteiger partial charge in [-0.2, -0.15) is 11.3 Å². The van der Waals surface area contributed by atoms with Gasteiger partial charge in [-0.25, -0.2) is 0 Å². The molecule has 1 aromatic carbocycles. The van der Waals surface area contributed by atoms with Gasteiger partial charge in [0.1, 0.15) is 0 Å². The number of nitrogens with two attached hydrogens (primary N) is 1. The number of nitrogens with zero attached hydrogens (tertiary/aromatic N) is 1. The van der Waals surface area contributed by atoms with Crippen LogP contribution in [0.3, 0.4) is 0 Å². The van der Waals surface area contributed by atoms with Gasteiger partial charge in [0, 0.05) is 30.3 Å². The Morgan fingerprint density at radius 3 is 2.69 bits per heavy atom. The molecule has 0 saturated heterocycles. The van der Waals surface area contributed by atoms with Crippen molar-refractivity contribution in [1.82, 2.24) is 5.32 Å². The molecule has 0 bridgehead atoms. The molecule has 0 saturated carbocycles. The summed E-state index contributed by atoms with van der Waals surface area (Å²) in [4.78, 5) is 2.07. The van der Waals surface area contributed by atoms with E-state index in [4.69, 9.17) is 5.73 Å². The van der Waals surface area contributed by atoms with E-state index in [9.17, 15) is 0 Å². The number of nitrogens with one attached hydrogen (secondary N) is 1. The second-order valence-corrected chi connectivity index (χ2v) is 6.60. The molecule has 4 heteroatoms. The normalized spacial score (nSPS) is 12.8. The van der Waals surface area contributed by atoms with Crippen LogP contribution in [0.1, 0.15) is 20.3 Å². The lowest BCUT2D eigenvalue weighted by molar-refractivity contribution is 0.950. The van der Waals surface area contributed by atoms with Gasteiger partial charge in [-0.05, 0) is 65.6 Å². The molecule has 2 rings (SSSR count). The van der Waals surface area contributed by atoms with Crippen LogP contribution in [0.5, 0.6) is 0 Å². The van der Waals surface area contributed by atoms with Gasteiger partial charge in [-0.1, -0.05) is 31.7 Å². The predicted molar refractivity (Wildman–Crippen MR) is 116 cm³/mol. The fourth-order valence-corrected chi connectivity index (χ4v) is 3.26. The van der Waals surface area contributed by atoms with Crippen molar-refractivity contribution in [3.8, 4) is 11.1 Å². The van der Waals surface area contributed by atoms with E-state index in [1.165, 1.54) is 11.1 Å². The van der Waals surface area contributed by atoms with Crippen molar-refractivity contribution >= 4 is 17.0 Å². The van der Waals surface area contributed by atoms with E-state index in [1.54, 1.807) is 11.3 Å². The van der Waals surface area contributed by atoms with Gasteiger partial charge in [0.15, 0.2) is 0 Å². The molecule has 0 radical (unpaired) electrons. The number of benzene rings is 1. The number of rotatable bonds is 8. The van der Waals surface area contributed by atoms with Crippen molar-refractivity contribution < 1.29 is 0 Å². The number of thiophene rings is 1. The highest BCUT2D eigenvalue weighted by molar-refractivity contribution is 7.08. The molecular weight excluding hydrogens is 338 g/mol. The van der Waals surface area contributed by atoms with Crippen molar-refractivity contribution in [2.45, 2.75) is 20.3 Å². The summed E-state index contributed by atoms with van der Waals surface area (Å²) >= 11 is 1.70. The standard InChI is InChI=1S/C22H27N3S/c1-5-8-20(23)11-12-22(17(3)24-4)25(6-2)21-10-7-9-18(15-21)19-13-14-26-16-19/h6-16,24H,2,5,23H2,1,3-4H3/b12-11+,20-8?,22-17+. The Morgan fingerprint density at radius 1 is 1.27 bits per heavy atom. The van der Waals surface area contributed by atoms with Gasteiger partial charge in [0.2, 0.25) is 0 Å². The average molecular weight is 366 g/mol. The summed E-state index contributed by atoms with van der Waals surface area (Å²) in [6.07, 6.45) is 8.69. The van der Waals surface area contributed by atoms with E-state index in [0.29, 0.717) is 0 Å². The third kappa shape index (κ3) is 4.90. The minimum atomic E-state index is 0.755. The van der Waals surface area contributed by atoms with Crippen LogP contribution in [-0.4, -0.2) is 7.05 Å². The van der Waals surface area contributed by atoms with E-state index in [-0.39, 0.29) is 0 Å². The van der Waals surface area contributed by atoms with Crippen LogP contribution in [0.4, 0.5) is 5.69 Å². The van der Waals surface area contributed by atoms with Crippen molar-refractivity contribution in [1.29, 1.82) is 0 Å². The van der Waals surface area contributed by atoms with Crippen molar-refractivity contribution in [2.75, 3.05) is 11.9 Å². The molecule has 1 aromatic heterocycles. The SMILES string of the molecule is C=CN(C(/C=C/C(N)=CCC)=C(\C)NC)c1cccc(-c2ccsc2)c1. The first kappa shape index (κ1) is 19.6. The fourth-order valence-electron chi connectivity index (χ4n) is 2.60. The van der Waals surface area contributed by atoms with E-state index >= 15 is 0 Å². The van der Waals surface area contributed by atoms with Gasteiger partial charge in [0.25, 0.3) is 0 Å². The van der Waals surface area contributed by atoms with Crippen molar-refractivity contribution in [3.63, 3.8) is 0 Å². The third-order valence-electron chi connectivity index (χ3n) is 4.05. The number of allylic oxidation sites excluding steroid dienone is 4. The van der Waals surface area contributed by atoms with E-state index in [2.05, 4.69) is 64.8 Å². The number of anilines is 1. The van der Waals surface area contributed by atoms with Crippen LogP contribution in [-0.2, 0) is 0 Å². The van der Waals surface area contributed by atoms with Gasteiger partial charge in [-0.15, -0.1) is 0 Å². The van der Waals surface area contributed by atoms with Crippen LogP contribution >= 0.6 is 11.3 Å². The molecule has 0 atom stereocenters. The third-order valence-corrected chi connectivity index (χ3v) is 4.74. The molecular formula is C22H27N3S. The molecule has 0 aliphatic heterocycles. The first-order valence-electron chi connectivity index (χ1n) is 8.67. The highest BCUT2D eigenvalue weighted by Gasteiger charge is 2.11. The van der Waals surface area contributed by atoms with E-state index < -0.39 is 0 Å². The maximum atomic E-state index is 6.03. The molecule has 26 heavy (non-hydrogen) atoms. The quantitative estimate of drug-likeness (QED) is 0.596. The summed E-state index contributed by atoms with van der Waals surface area (Å²) in [5.74, 6) is 0. The Hall–Kier alpha value is -2.72. The second kappa shape index (κ2) is 9.68. The molecule has 0 spiro atoms. The zero-order valence-corrected chi connectivity index (χ0v) is 16.5. The monoisotopic (exact) mass is 365 g/mol. The Balaban J connectivity index is 2.44. The predicted octanol–water partition coefficient (Wildman–Crippen LogP) is 5.62. The van der Waals surface area contributed by atoms with Crippen LogP contribution < -0.4 is 16.0 Å². The summed E-state index contributed by atoms with van der Waals surface area (Å²) in [6, 6.07) is 10.6. The van der Waals surface area contributed by atoms with Crippen LogP contribution in [0.15, 0.2) is 89.2 Å². The smallest absolute Gasteiger partial charge is 0.0642 e. The van der Waals surface area contributed by atoms with Gasteiger partial charge < -0.3 is 16.0 Å². The van der Waals surface area contributed by atoms with E-state index in [1.807, 2.05) is 38.4 Å². The lowest BCUT2D eigenvalue weighted by Crippen LogP contribution is -2.19. The van der Waals surface area contributed by atoms with Crippen LogP contribution in [0.2, 0.25) is 0 Å². The maximum absolute atomic E-state index is 6.03. The average Bonchev–Trinajstić information content (AvgIpc) is 3.19. The molecule has 0 fully saturated rings. The Labute approximate surface area is 160 Å². The molecule has 0 unspecified atom stereocenters. The van der Waals surface area contributed by atoms with Crippen molar-refractivity contribution in [2.24, 2.45) is 5.73 Å². The summed E-state index contributed by atoms with van der Waals surface area (Å²) in [5, 5.41) is 7.48. The topological polar surface area (TPSA) is 41.3 Å². The number of hydrogen-bond donors (Lipinski definition) is 2. The minimum absolute atomic E-state index is 0.755. The molecule has 2 aromatic rings. The van der Waals surface area contributed by atoms with Crippen LogP contribution in [0, 0.1) is 0 Å². The Bertz CT molecular complexity index is 814. The highest BCUT2D eigenvalue weighted by Crippen LogP contribution is 2.29. The van der Waals surface area contributed by atoms with Crippen molar-refractivity contribution in [3.05, 3.63) is 89.2 Å². The first-order chi connectivity index (χ1) is 12.6. The second-order valence-electron chi connectivity index (χ2n) is 5.82. The number of hydrogen-bond acceptors (Lipinski definition) is 4. The molecule has 0 amide bonds. The first-order valence-corrected chi connectivity index (χ1v) is 9.61. The summed E-state index contributed by atoms with van der Waals surface area (Å²) in [6.45, 7) is 8.13. The maximum Gasteiger partial charge on any atom is 0.0642 e.